The summed E-state index contributed by atoms with van der Waals surface area (Å²) < 4.78 is 4.75. The van der Waals surface area contributed by atoms with Crippen molar-refractivity contribution in [1.82, 2.24) is 4.90 Å². The van der Waals surface area contributed by atoms with Crippen molar-refractivity contribution in [1.29, 1.82) is 0 Å². The molecule has 6 heteroatoms. The van der Waals surface area contributed by atoms with Gasteiger partial charge in [0, 0.05) is 5.69 Å². The Balaban J connectivity index is 2.10. The molecule has 1 saturated heterocycles. The van der Waals surface area contributed by atoms with Crippen LogP contribution >= 0.6 is 12.2 Å². The highest BCUT2D eigenvalue weighted by Crippen LogP contribution is 2.43. The summed E-state index contributed by atoms with van der Waals surface area (Å²) in [5.74, 6) is -0.257. The summed E-state index contributed by atoms with van der Waals surface area (Å²) in [6.07, 6.45) is 3.70. The number of amides is 2. The maximum absolute atomic E-state index is 13.0. The second-order valence-electron chi connectivity index (χ2n) is 5.66. The number of methoxy groups -OCH3 is 1. The molecule has 0 aromatic heterocycles. The van der Waals surface area contributed by atoms with Gasteiger partial charge < -0.3 is 9.64 Å². The zero-order chi connectivity index (χ0) is 15.7. The van der Waals surface area contributed by atoms with Gasteiger partial charge in [0.2, 0.25) is 0 Å². The molecule has 0 atom stereocenters. The molecule has 116 valence electrons. The SMILES string of the molecule is COC(=O)N1C(=O)C2(CCCCC2)N(c2ccccc2)C1=S. The summed E-state index contributed by atoms with van der Waals surface area (Å²) in [4.78, 5) is 27.8. The third-order valence-corrected chi connectivity index (χ3v) is 4.83. The van der Waals surface area contributed by atoms with Crippen molar-refractivity contribution in [2.45, 2.75) is 37.6 Å². The van der Waals surface area contributed by atoms with E-state index in [4.69, 9.17) is 17.0 Å². The van der Waals surface area contributed by atoms with Crippen LogP contribution in [0.3, 0.4) is 0 Å². The van der Waals surface area contributed by atoms with Crippen LogP contribution in [0.5, 0.6) is 0 Å². The van der Waals surface area contributed by atoms with E-state index in [0.29, 0.717) is 12.8 Å². The van der Waals surface area contributed by atoms with Crippen LogP contribution in [0.25, 0.3) is 0 Å². The number of thiocarbonyl (C=S) groups is 1. The molecule has 2 aliphatic rings. The maximum Gasteiger partial charge on any atom is 0.422 e. The van der Waals surface area contributed by atoms with Crippen LogP contribution in [-0.4, -0.2) is 34.7 Å². The first-order chi connectivity index (χ1) is 10.6. The van der Waals surface area contributed by atoms with E-state index in [1.165, 1.54) is 7.11 Å². The first kappa shape index (κ1) is 15.0. The summed E-state index contributed by atoms with van der Waals surface area (Å²) in [7, 11) is 1.26. The maximum atomic E-state index is 13.0. The van der Waals surface area contributed by atoms with Crippen LogP contribution in [0.2, 0.25) is 0 Å². The van der Waals surface area contributed by atoms with Crippen molar-refractivity contribution in [3.8, 4) is 0 Å². The Morgan fingerprint density at radius 1 is 1.18 bits per heavy atom. The van der Waals surface area contributed by atoms with Gasteiger partial charge in [0.1, 0.15) is 5.54 Å². The molecule has 5 nitrogen and oxygen atoms in total. The lowest BCUT2D eigenvalue weighted by molar-refractivity contribution is -0.130. The predicted molar refractivity (Wildman–Crippen MR) is 86.6 cm³/mol. The van der Waals surface area contributed by atoms with Gasteiger partial charge in [0.25, 0.3) is 5.91 Å². The van der Waals surface area contributed by atoms with Gasteiger partial charge in [-0.05, 0) is 37.2 Å². The van der Waals surface area contributed by atoms with Crippen molar-refractivity contribution in [3.05, 3.63) is 30.3 Å². The monoisotopic (exact) mass is 318 g/mol. The highest BCUT2D eigenvalue weighted by molar-refractivity contribution is 7.80. The molecule has 0 radical (unpaired) electrons. The van der Waals surface area contributed by atoms with E-state index in [0.717, 1.165) is 29.8 Å². The third-order valence-electron chi connectivity index (χ3n) is 4.46. The highest BCUT2D eigenvalue weighted by atomic mass is 32.1. The van der Waals surface area contributed by atoms with Crippen LogP contribution in [0, 0.1) is 0 Å². The average Bonchev–Trinajstić information content (AvgIpc) is 2.76. The van der Waals surface area contributed by atoms with Gasteiger partial charge in [-0.2, -0.15) is 4.90 Å². The number of anilines is 1. The minimum atomic E-state index is -0.745. The fourth-order valence-corrected chi connectivity index (χ4v) is 3.87. The number of imide groups is 1. The van der Waals surface area contributed by atoms with Gasteiger partial charge in [0.15, 0.2) is 5.11 Å². The zero-order valence-electron chi connectivity index (χ0n) is 12.4. The molecule has 1 spiro atoms. The Bertz CT molecular complexity index is 611. The van der Waals surface area contributed by atoms with Crippen LogP contribution < -0.4 is 4.90 Å². The Morgan fingerprint density at radius 2 is 1.82 bits per heavy atom. The van der Waals surface area contributed by atoms with E-state index < -0.39 is 11.6 Å². The number of benzene rings is 1. The largest absolute Gasteiger partial charge is 0.452 e. The molecule has 22 heavy (non-hydrogen) atoms. The molecule has 1 aliphatic carbocycles. The summed E-state index contributed by atoms with van der Waals surface area (Å²) in [6.45, 7) is 0. The van der Waals surface area contributed by atoms with Crippen LogP contribution in [-0.2, 0) is 9.53 Å². The minimum absolute atomic E-state index is 0.213. The van der Waals surface area contributed by atoms with Crippen LogP contribution in [0.1, 0.15) is 32.1 Å². The molecule has 1 aromatic carbocycles. The van der Waals surface area contributed by atoms with Crippen molar-refractivity contribution in [3.63, 3.8) is 0 Å². The van der Waals surface area contributed by atoms with Crippen molar-refractivity contribution >= 4 is 35.0 Å². The zero-order valence-corrected chi connectivity index (χ0v) is 13.3. The number of hydrogen-bond donors (Lipinski definition) is 0. The Labute approximate surface area is 134 Å². The van der Waals surface area contributed by atoms with Gasteiger partial charge in [-0.3, -0.25) is 4.79 Å². The van der Waals surface area contributed by atoms with Gasteiger partial charge in [-0.1, -0.05) is 37.5 Å². The van der Waals surface area contributed by atoms with E-state index >= 15 is 0 Å². The van der Waals surface area contributed by atoms with E-state index in [-0.39, 0.29) is 11.0 Å². The van der Waals surface area contributed by atoms with Crippen LogP contribution in [0.15, 0.2) is 30.3 Å². The Morgan fingerprint density at radius 3 is 2.41 bits per heavy atom. The molecule has 0 unspecified atom stereocenters. The van der Waals surface area contributed by atoms with Crippen molar-refractivity contribution in [2.24, 2.45) is 0 Å². The standard InChI is InChI=1S/C16H18N2O3S/c1-21-15(20)17-13(19)16(10-6-3-7-11-16)18(14(17)22)12-8-4-2-5-9-12/h2,4-5,8-9H,3,6-7,10-11H2,1H3. The van der Waals surface area contributed by atoms with Gasteiger partial charge in [-0.15, -0.1) is 0 Å². The lowest BCUT2D eigenvalue weighted by Crippen LogP contribution is -2.51. The molecule has 1 saturated carbocycles. The van der Waals surface area contributed by atoms with E-state index in [9.17, 15) is 9.59 Å². The summed E-state index contributed by atoms with van der Waals surface area (Å²) in [6, 6.07) is 9.54. The molecule has 0 bridgehead atoms. The molecule has 3 rings (SSSR count). The number of carbonyl (C=O) groups is 2. The first-order valence-electron chi connectivity index (χ1n) is 7.43. The summed E-state index contributed by atoms with van der Waals surface area (Å²) >= 11 is 5.45. The Hall–Kier alpha value is -1.95. The molecule has 1 aromatic rings. The van der Waals surface area contributed by atoms with E-state index in [1.807, 2.05) is 35.2 Å². The fourth-order valence-electron chi connectivity index (χ4n) is 3.43. The number of nitrogens with zero attached hydrogens (tertiary/aromatic N) is 2. The first-order valence-corrected chi connectivity index (χ1v) is 7.84. The number of para-hydroxylation sites is 1. The minimum Gasteiger partial charge on any atom is -0.452 e. The normalized spacial score (nSPS) is 20.6. The smallest absolute Gasteiger partial charge is 0.422 e. The number of carbonyl (C=O) groups excluding carboxylic acids is 2. The second-order valence-corrected chi connectivity index (χ2v) is 6.02. The topological polar surface area (TPSA) is 49.9 Å². The molecule has 1 heterocycles. The quantitative estimate of drug-likeness (QED) is 0.745. The van der Waals surface area contributed by atoms with E-state index in [2.05, 4.69) is 0 Å². The van der Waals surface area contributed by atoms with Gasteiger partial charge in [-0.25, -0.2) is 4.79 Å². The van der Waals surface area contributed by atoms with Crippen molar-refractivity contribution in [2.75, 3.05) is 12.0 Å². The predicted octanol–water partition coefficient (Wildman–Crippen LogP) is 3.09. The highest BCUT2D eigenvalue weighted by Gasteiger charge is 2.58. The van der Waals surface area contributed by atoms with Crippen molar-refractivity contribution < 1.29 is 14.3 Å². The molecule has 1 aliphatic heterocycles. The lowest BCUT2D eigenvalue weighted by Gasteiger charge is -2.39. The van der Waals surface area contributed by atoms with E-state index in [1.54, 1.807) is 0 Å². The summed E-state index contributed by atoms with van der Waals surface area (Å²) in [5, 5.41) is 0.213. The number of hydrogen-bond acceptors (Lipinski definition) is 4. The number of ether oxygens (including phenoxy) is 1. The van der Waals surface area contributed by atoms with Gasteiger partial charge >= 0.3 is 6.09 Å². The molecular formula is C16H18N2O3S. The molecule has 2 amide bonds. The molecule has 0 N–H and O–H groups in total. The van der Waals surface area contributed by atoms with Gasteiger partial charge in [0.05, 0.1) is 7.11 Å². The summed E-state index contributed by atoms with van der Waals surface area (Å²) in [5.41, 5.74) is 0.0966. The third kappa shape index (κ3) is 2.09. The average molecular weight is 318 g/mol. The molecular weight excluding hydrogens is 300 g/mol. The Kier molecular flexibility index (Phi) is 3.87. The number of rotatable bonds is 1. The lowest BCUT2D eigenvalue weighted by atomic mass is 9.80. The molecule has 2 fully saturated rings. The fraction of sp³-hybridized carbons (Fsp3) is 0.438. The van der Waals surface area contributed by atoms with Crippen LogP contribution in [0.4, 0.5) is 10.5 Å². The second kappa shape index (κ2) is 5.68.